The lowest BCUT2D eigenvalue weighted by Gasteiger charge is -2.26. The molecule has 0 amide bonds. The third-order valence-electron chi connectivity index (χ3n) is 21.7. The number of hydrogen-bond donors (Lipinski definition) is 5. The Morgan fingerprint density at radius 3 is 1.21 bits per heavy atom. The number of nitrogens with one attached hydrogen (secondary N) is 2. The first-order valence-corrected chi connectivity index (χ1v) is 46.0. The fourth-order valence-corrected chi connectivity index (χ4v) is 16.0. The van der Waals surface area contributed by atoms with Crippen molar-refractivity contribution in [3.05, 3.63) is 189 Å². The molecule has 728 valence electrons. The third-order valence-corrected chi connectivity index (χ3v) is 22.8. The zero-order valence-corrected chi connectivity index (χ0v) is 77.1. The van der Waals surface area contributed by atoms with E-state index in [0.29, 0.717) is 87.3 Å². The number of nitriles is 6. The summed E-state index contributed by atoms with van der Waals surface area (Å²) in [5, 5.41) is 64.2. The van der Waals surface area contributed by atoms with E-state index in [4.69, 9.17) is 100 Å². The highest BCUT2D eigenvalue weighted by molar-refractivity contribution is 7.86. The fraction of sp³-hybridized carbons (Fsp3) is 0.352. The van der Waals surface area contributed by atoms with E-state index >= 15 is 0 Å². The van der Waals surface area contributed by atoms with Crippen LogP contribution < -0.4 is 25.7 Å². The van der Waals surface area contributed by atoms with Gasteiger partial charge < -0.3 is 73.4 Å². The van der Waals surface area contributed by atoms with Crippen LogP contribution in [0.15, 0.2) is 123 Å². The Bertz CT molecular complexity index is 7160. The van der Waals surface area contributed by atoms with Gasteiger partial charge in [-0.25, -0.2) is 54.8 Å². The standard InChI is InChI=1S/C23H23F3N4O5S.C22H21F3N4O3.C21H20F3N5O2.C12H11ClN4O.C7H3ClN4.C6H5ClN4/c1-36(31,32)35-10-4-9-33-20-7-6-15(11-16(20)23(24,25)26)17-12-19-22(18(13-27)29-17)28-14-30(19)21-5-2-3-8-34-21;23-22(24,25)15-10-14(5-6-19(15)31-9-3-7-30)16-11-18-21(17(12-26)28-16)27-13-29(18)20-4-1-2-8-32-20;22-21(23,24)15-10-14(16-11-17-20(27-13-26-17)18(12-25)28-16)2-3-19(15)31-7-1-4-29-5-8-30-9-6-29;13-10-5-9-12(8(6-14)16-10)15-7-17(9)11-3-1-2-4-18-11;8-6-1-4-7(11-3-10-4)5(2-9)12-6;7-5-1-3(9)6(10)4(2-8)11-5/h6-7,11-12,14,21H,2-5,8-10H2,1H3;5-6,10-11,13,20,30H,1-4,7-9H2;2-3,10-11,13H,1,4-9H2,(H,26,27);5,7,11H,1-4H2;1,3H,(H,10,11);1H,10H2,(H2,9,11). The van der Waals surface area contributed by atoms with Crippen molar-refractivity contribution in [3.63, 3.8) is 0 Å². The number of nitrogens with zero attached hydrogens (tertiary/aromatic N) is 21. The van der Waals surface area contributed by atoms with E-state index in [1.165, 1.54) is 55.1 Å². The number of halogens is 12. The Kier molecular flexibility index (Phi) is 34.6. The number of nitrogen functional groups attached to an aromatic ring is 2. The Morgan fingerprint density at radius 1 is 0.450 bits per heavy atom. The van der Waals surface area contributed by atoms with Gasteiger partial charge in [-0.2, -0.15) is 79.5 Å². The van der Waals surface area contributed by atoms with Crippen LogP contribution in [0.25, 0.3) is 88.9 Å². The highest BCUT2D eigenvalue weighted by atomic mass is 35.5. The number of morpholine rings is 1. The molecule has 7 N–H and O–H groups in total. The minimum absolute atomic E-state index is 0.00294. The number of imidazole rings is 5. The average Bonchev–Trinajstić information content (AvgIpc) is 1.58. The van der Waals surface area contributed by atoms with Crippen molar-refractivity contribution < 1.29 is 90.4 Å². The molecular weight excluding hydrogens is 1930 g/mol. The number of hydrogen-bond acceptors (Lipinski definition) is 31. The summed E-state index contributed by atoms with van der Waals surface area (Å²) in [4.78, 5) is 52.8. The van der Waals surface area contributed by atoms with Gasteiger partial charge in [-0.15, -0.1) is 0 Å². The number of aromatic amines is 2. The molecule has 4 aliphatic heterocycles. The highest BCUT2D eigenvalue weighted by Crippen LogP contribution is 2.44. The molecule has 0 radical (unpaired) electrons. The van der Waals surface area contributed by atoms with Crippen LogP contribution in [-0.2, 0) is 51.8 Å². The summed E-state index contributed by atoms with van der Waals surface area (Å²) in [5.41, 5.74) is 15.7. The number of aromatic nitrogens is 16. The Balaban J connectivity index is 0.000000148. The number of alkyl halides is 9. The van der Waals surface area contributed by atoms with E-state index < -0.39 is 51.1 Å². The van der Waals surface area contributed by atoms with Gasteiger partial charge in [0.15, 0.2) is 34.2 Å². The molecule has 4 saturated heterocycles. The van der Waals surface area contributed by atoms with Crippen LogP contribution in [0.2, 0.25) is 15.5 Å². The molecule has 0 saturated carbocycles. The average molecular weight is 2010 g/mol. The van der Waals surface area contributed by atoms with E-state index in [9.17, 15) is 63.7 Å². The van der Waals surface area contributed by atoms with E-state index in [1.807, 2.05) is 34.9 Å². The maximum absolute atomic E-state index is 13.8. The van der Waals surface area contributed by atoms with Gasteiger partial charge >= 0.3 is 18.5 Å². The van der Waals surface area contributed by atoms with Crippen LogP contribution >= 0.6 is 34.8 Å². The molecule has 3 atom stereocenters. The number of fused-ring (bicyclic) bond motifs is 5. The molecule has 0 aliphatic carbocycles. The first-order chi connectivity index (χ1) is 67.2. The number of aliphatic hydroxyl groups excluding tert-OH is 1. The lowest BCUT2D eigenvalue weighted by atomic mass is 10.0. The number of ether oxygens (including phenoxy) is 7. The largest absolute Gasteiger partial charge is 0.493 e. The molecule has 3 unspecified atom stereocenters. The summed E-state index contributed by atoms with van der Waals surface area (Å²) in [6.07, 6.45) is 3.58. The predicted octanol–water partition coefficient (Wildman–Crippen LogP) is 17.4. The Labute approximate surface area is 806 Å². The van der Waals surface area contributed by atoms with E-state index in [0.717, 1.165) is 120 Å². The van der Waals surface area contributed by atoms with Gasteiger partial charge in [0.2, 0.25) is 0 Å². The molecule has 15 heterocycles. The molecule has 3 aromatic carbocycles. The third kappa shape index (κ3) is 26.2. The van der Waals surface area contributed by atoms with Crippen molar-refractivity contribution in [2.75, 3.05) is 103 Å². The summed E-state index contributed by atoms with van der Waals surface area (Å²) in [7, 11) is -3.64. The topological polar surface area (TPSA) is 514 Å². The first-order valence-electron chi connectivity index (χ1n) is 43.1. The summed E-state index contributed by atoms with van der Waals surface area (Å²) >= 11 is 17.1. The molecule has 18 rings (SSSR count). The summed E-state index contributed by atoms with van der Waals surface area (Å²) in [6.45, 7) is 5.25. The second-order valence-corrected chi connectivity index (χ2v) is 34.0. The van der Waals surface area contributed by atoms with Crippen LogP contribution in [0, 0.1) is 68.0 Å². The SMILES string of the molecule is CS(=O)(=O)OCCCOc1ccc(-c2cc3c(ncn3C3CCCCO3)c(C#N)n2)cc1C(F)(F)F.N#Cc1nc(-c2ccc(OCCCN3CCOCC3)c(C(F)(F)F)c2)cc2[nH]cnc12.N#Cc1nc(-c2ccc(OCCCO)c(C(F)(F)F)c2)cc2c1ncn2C1CCCCO1.N#Cc1nc(Cl)cc(N)c1N.N#Cc1nc(Cl)cc2[nH]cnc12.N#Cc1nc(Cl)cc2c1ncn2C1CCCCO1. The molecular formula is C91H83Cl3F9N25O11S. The van der Waals surface area contributed by atoms with E-state index in [1.54, 1.807) is 64.5 Å². The van der Waals surface area contributed by atoms with E-state index in [2.05, 4.69) is 73.9 Å². The molecule has 0 bridgehead atoms. The monoisotopic (exact) mass is 2010 g/mol. The highest BCUT2D eigenvalue weighted by Gasteiger charge is 2.39. The number of rotatable bonds is 21. The number of nitrogens with two attached hydrogens (primary N) is 2. The maximum Gasteiger partial charge on any atom is 0.419 e. The van der Waals surface area contributed by atoms with Crippen molar-refractivity contribution in [1.82, 2.24) is 83.4 Å². The Morgan fingerprint density at radius 2 is 0.814 bits per heavy atom. The number of aliphatic hydroxyl groups is 1. The van der Waals surface area contributed by atoms with Crippen molar-refractivity contribution >= 4 is 111 Å². The number of benzene rings is 3. The zero-order chi connectivity index (χ0) is 100. The molecule has 36 nitrogen and oxygen atoms in total. The van der Waals surface area contributed by atoms with Crippen molar-refractivity contribution in [2.45, 2.75) is 114 Å². The van der Waals surface area contributed by atoms with Gasteiger partial charge in [0.1, 0.15) is 115 Å². The first kappa shape index (κ1) is 103. The van der Waals surface area contributed by atoms with Crippen molar-refractivity contribution in [2.24, 2.45) is 0 Å². The summed E-state index contributed by atoms with van der Waals surface area (Å²) in [6, 6.07) is 32.1. The second kappa shape index (κ2) is 46.9. The lowest BCUT2D eigenvalue weighted by molar-refractivity contribution is -0.139. The number of H-pyrrole nitrogens is 2. The quantitative estimate of drug-likeness (QED) is 0.0193. The van der Waals surface area contributed by atoms with Gasteiger partial charge in [0, 0.05) is 93.8 Å². The smallest absolute Gasteiger partial charge is 0.419 e. The summed E-state index contributed by atoms with van der Waals surface area (Å²) < 4.78 is 194. The second-order valence-electron chi connectivity index (χ2n) is 31.2. The van der Waals surface area contributed by atoms with E-state index in [-0.39, 0.29) is 161 Å². The van der Waals surface area contributed by atoms with Gasteiger partial charge in [-0.3, -0.25) is 9.08 Å². The molecule has 0 spiro atoms. The van der Waals surface area contributed by atoms with Crippen molar-refractivity contribution in [1.29, 1.82) is 31.6 Å². The Hall–Kier alpha value is -14.2. The van der Waals surface area contributed by atoms with Crippen LogP contribution in [0.5, 0.6) is 17.2 Å². The van der Waals surface area contributed by atoms with Gasteiger partial charge in [0.05, 0.1) is 150 Å². The van der Waals surface area contributed by atoms with Crippen molar-refractivity contribution in [3.8, 4) is 87.4 Å². The zero-order valence-electron chi connectivity index (χ0n) is 74.0. The molecule has 49 heteroatoms. The molecule has 11 aromatic heterocycles. The molecule has 140 heavy (non-hydrogen) atoms. The lowest BCUT2D eigenvalue weighted by Crippen LogP contribution is -2.37. The predicted molar refractivity (Wildman–Crippen MR) is 490 cm³/mol. The van der Waals surface area contributed by atoms with Crippen LogP contribution in [0.3, 0.4) is 0 Å². The molecule has 4 fully saturated rings. The molecule has 4 aliphatic rings. The van der Waals surface area contributed by atoms with Crippen LogP contribution in [-0.4, -0.2) is 189 Å². The molecule has 14 aromatic rings. The summed E-state index contributed by atoms with van der Waals surface area (Å²) in [5.74, 6) is -0.953. The normalized spacial score (nSPS) is 15.6. The van der Waals surface area contributed by atoms with Crippen LogP contribution in [0.4, 0.5) is 50.9 Å². The van der Waals surface area contributed by atoms with Gasteiger partial charge in [0.25, 0.3) is 10.1 Å². The maximum atomic E-state index is 13.8. The minimum atomic E-state index is -4.73. The minimum Gasteiger partial charge on any atom is -0.493 e. The fourth-order valence-electron chi connectivity index (χ4n) is 15.0. The number of pyridine rings is 6. The van der Waals surface area contributed by atoms with Gasteiger partial charge in [-0.1, -0.05) is 34.8 Å². The van der Waals surface area contributed by atoms with Crippen LogP contribution in [0.1, 0.15) is 147 Å². The number of anilines is 2. The van der Waals surface area contributed by atoms with Gasteiger partial charge in [-0.05, 0) is 137 Å².